The molecular weight excluding hydrogens is 192 g/mol. The van der Waals surface area contributed by atoms with E-state index in [0.717, 1.165) is 18.7 Å². The molecule has 0 aliphatic carbocycles. The minimum Gasteiger partial charge on any atom is -0.379 e. The Morgan fingerprint density at radius 2 is 2.53 bits per heavy atom. The van der Waals surface area contributed by atoms with Crippen LogP contribution in [-0.2, 0) is 9.47 Å². The van der Waals surface area contributed by atoms with Gasteiger partial charge < -0.3 is 15.2 Å². The molecule has 2 rings (SSSR count). The number of nitrogens with zero attached hydrogens (tertiary/aromatic N) is 1. The molecule has 1 aromatic rings. The van der Waals surface area contributed by atoms with Crippen molar-refractivity contribution < 1.29 is 9.47 Å². The summed E-state index contributed by atoms with van der Waals surface area (Å²) < 4.78 is 11.1. The molecule has 82 valence electrons. The number of nitrogens with two attached hydrogens (primary N) is 1. The van der Waals surface area contributed by atoms with E-state index in [9.17, 15) is 0 Å². The Morgan fingerprint density at radius 3 is 3.13 bits per heavy atom. The normalized spacial score (nSPS) is 22.9. The lowest BCUT2D eigenvalue weighted by Crippen LogP contribution is -2.23. The van der Waals surface area contributed by atoms with Gasteiger partial charge in [0.1, 0.15) is 6.10 Å². The fourth-order valence-corrected chi connectivity index (χ4v) is 1.66. The molecule has 0 saturated carbocycles. The van der Waals surface area contributed by atoms with Gasteiger partial charge in [-0.2, -0.15) is 0 Å². The van der Waals surface area contributed by atoms with Gasteiger partial charge in [0, 0.05) is 19.3 Å². The van der Waals surface area contributed by atoms with Gasteiger partial charge in [-0.15, -0.1) is 0 Å². The van der Waals surface area contributed by atoms with Crippen molar-refractivity contribution in [3.8, 4) is 0 Å². The van der Waals surface area contributed by atoms with Gasteiger partial charge in [0.15, 0.2) is 0 Å². The zero-order valence-electron chi connectivity index (χ0n) is 8.63. The third-order valence-electron chi connectivity index (χ3n) is 2.48. The van der Waals surface area contributed by atoms with E-state index >= 15 is 0 Å². The second-order valence-corrected chi connectivity index (χ2v) is 3.60. The largest absolute Gasteiger partial charge is 0.379 e. The van der Waals surface area contributed by atoms with E-state index in [-0.39, 0.29) is 12.2 Å². The van der Waals surface area contributed by atoms with Crippen LogP contribution in [-0.4, -0.2) is 30.8 Å². The monoisotopic (exact) mass is 208 g/mol. The van der Waals surface area contributed by atoms with Crippen LogP contribution in [0.1, 0.15) is 18.2 Å². The first-order chi connectivity index (χ1) is 7.40. The van der Waals surface area contributed by atoms with Crippen molar-refractivity contribution in [2.45, 2.75) is 18.6 Å². The van der Waals surface area contributed by atoms with Gasteiger partial charge in [0.05, 0.1) is 18.4 Å². The van der Waals surface area contributed by atoms with Crippen LogP contribution in [0.4, 0.5) is 0 Å². The van der Waals surface area contributed by atoms with Gasteiger partial charge in [0.2, 0.25) is 0 Å². The van der Waals surface area contributed by atoms with E-state index < -0.39 is 0 Å². The van der Waals surface area contributed by atoms with Crippen LogP contribution in [0, 0.1) is 0 Å². The average molecular weight is 208 g/mol. The van der Waals surface area contributed by atoms with Gasteiger partial charge in [-0.3, -0.25) is 4.98 Å². The number of pyridine rings is 1. The van der Waals surface area contributed by atoms with Crippen LogP contribution in [0.3, 0.4) is 0 Å². The fourth-order valence-electron chi connectivity index (χ4n) is 1.66. The third kappa shape index (κ3) is 2.75. The van der Waals surface area contributed by atoms with Gasteiger partial charge in [-0.1, -0.05) is 6.07 Å². The van der Waals surface area contributed by atoms with Crippen LogP contribution in [0.25, 0.3) is 0 Å². The van der Waals surface area contributed by atoms with E-state index in [1.165, 1.54) is 0 Å². The van der Waals surface area contributed by atoms with Crippen LogP contribution < -0.4 is 5.73 Å². The van der Waals surface area contributed by atoms with Crippen molar-refractivity contribution in [3.05, 3.63) is 30.1 Å². The molecule has 0 amide bonds. The van der Waals surface area contributed by atoms with Crippen molar-refractivity contribution >= 4 is 0 Å². The van der Waals surface area contributed by atoms with Gasteiger partial charge in [-0.25, -0.2) is 0 Å². The summed E-state index contributed by atoms with van der Waals surface area (Å²) in [4.78, 5) is 4.25. The molecule has 1 fully saturated rings. The zero-order chi connectivity index (χ0) is 10.5. The summed E-state index contributed by atoms with van der Waals surface area (Å²) in [5.74, 6) is 0. The molecule has 1 aromatic heterocycles. The molecule has 0 aromatic carbocycles. The summed E-state index contributed by atoms with van der Waals surface area (Å²) in [5, 5.41) is 0. The molecular formula is C11H16N2O2. The molecule has 0 spiro atoms. The van der Waals surface area contributed by atoms with Gasteiger partial charge >= 0.3 is 0 Å². The Labute approximate surface area is 89.4 Å². The van der Waals surface area contributed by atoms with E-state index in [4.69, 9.17) is 15.2 Å². The Balaban J connectivity index is 1.97. The first-order valence-electron chi connectivity index (χ1n) is 5.24. The topological polar surface area (TPSA) is 57.4 Å². The molecule has 2 heterocycles. The summed E-state index contributed by atoms with van der Waals surface area (Å²) in [6, 6.07) is 5.77. The molecule has 15 heavy (non-hydrogen) atoms. The van der Waals surface area contributed by atoms with Crippen LogP contribution in [0.2, 0.25) is 0 Å². The molecule has 2 unspecified atom stereocenters. The van der Waals surface area contributed by atoms with Crippen LogP contribution >= 0.6 is 0 Å². The quantitative estimate of drug-likeness (QED) is 0.798. The number of ether oxygens (including phenoxy) is 2. The average Bonchev–Trinajstić information content (AvgIpc) is 2.80. The lowest BCUT2D eigenvalue weighted by atomic mass is 10.2. The van der Waals surface area contributed by atoms with Crippen molar-refractivity contribution in [2.75, 3.05) is 19.8 Å². The molecule has 0 radical (unpaired) electrons. The van der Waals surface area contributed by atoms with Crippen LogP contribution in [0.15, 0.2) is 24.4 Å². The minimum absolute atomic E-state index is 0.113. The maximum atomic E-state index is 5.83. The second-order valence-electron chi connectivity index (χ2n) is 3.60. The van der Waals surface area contributed by atoms with Crippen molar-refractivity contribution in [1.29, 1.82) is 0 Å². The van der Waals surface area contributed by atoms with Crippen molar-refractivity contribution in [2.24, 2.45) is 5.73 Å². The standard InChI is InChI=1S/C11H16N2O2/c12-7-11(10-3-1-2-5-13-10)15-9-4-6-14-8-9/h1-3,5,9,11H,4,6-8,12H2. The van der Waals surface area contributed by atoms with E-state index in [1.54, 1.807) is 6.20 Å². The Hall–Kier alpha value is -0.970. The molecule has 2 N–H and O–H groups in total. The molecule has 1 aliphatic rings. The van der Waals surface area contributed by atoms with E-state index in [0.29, 0.717) is 13.2 Å². The van der Waals surface area contributed by atoms with Crippen molar-refractivity contribution in [3.63, 3.8) is 0 Å². The summed E-state index contributed by atoms with van der Waals surface area (Å²) in [5.41, 5.74) is 6.57. The summed E-state index contributed by atoms with van der Waals surface area (Å²) in [6.45, 7) is 1.90. The predicted octanol–water partition coefficient (Wildman–Crippen LogP) is 0.887. The molecule has 4 nitrogen and oxygen atoms in total. The highest BCUT2D eigenvalue weighted by Crippen LogP contribution is 2.19. The molecule has 1 aliphatic heterocycles. The Kier molecular flexibility index (Phi) is 3.66. The highest BCUT2D eigenvalue weighted by atomic mass is 16.6. The van der Waals surface area contributed by atoms with Crippen LogP contribution in [0.5, 0.6) is 0 Å². The summed E-state index contributed by atoms with van der Waals surface area (Å²) in [6.07, 6.45) is 2.76. The lowest BCUT2D eigenvalue weighted by molar-refractivity contribution is -0.0145. The third-order valence-corrected chi connectivity index (χ3v) is 2.48. The molecule has 4 heteroatoms. The first-order valence-corrected chi connectivity index (χ1v) is 5.24. The lowest BCUT2D eigenvalue weighted by Gasteiger charge is -2.19. The maximum absolute atomic E-state index is 5.83. The Morgan fingerprint density at radius 1 is 1.60 bits per heavy atom. The maximum Gasteiger partial charge on any atom is 0.112 e. The fraction of sp³-hybridized carbons (Fsp3) is 0.545. The van der Waals surface area contributed by atoms with Gasteiger partial charge in [0.25, 0.3) is 0 Å². The zero-order valence-corrected chi connectivity index (χ0v) is 8.63. The summed E-state index contributed by atoms with van der Waals surface area (Å²) >= 11 is 0. The summed E-state index contributed by atoms with van der Waals surface area (Å²) in [7, 11) is 0. The predicted molar refractivity (Wildman–Crippen MR) is 56.3 cm³/mol. The highest BCUT2D eigenvalue weighted by Gasteiger charge is 2.21. The molecule has 1 saturated heterocycles. The Bertz CT molecular complexity index is 286. The number of hydrogen-bond donors (Lipinski definition) is 1. The van der Waals surface area contributed by atoms with E-state index in [2.05, 4.69) is 4.98 Å². The minimum atomic E-state index is -0.113. The number of hydrogen-bond acceptors (Lipinski definition) is 4. The van der Waals surface area contributed by atoms with Gasteiger partial charge in [-0.05, 0) is 18.6 Å². The molecule has 2 atom stereocenters. The molecule has 0 bridgehead atoms. The van der Waals surface area contributed by atoms with Crippen molar-refractivity contribution in [1.82, 2.24) is 4.98 Å². The SMILES string of the molecule is NCC(OC1CCOC1)c1ccccn1. The smallest absolute Gasteiger partial charge is 0.112 e. The highest BCUT2D eigenvalue weighted by molar-refractivity contribution is 5.07. The number of aromatic nitrogens is 1. The second kappa shape index (κ2) is 5.21. The van der Waals surface area contributed by atoms with E-state index in [1.807, 2.05) is 18.2 Å². The first kappa shape index (κ1) is 10.5. The number of rotatable bonds is 4.